The molecule has 0 spiro atoms. The second-order valence-electron chi connectivity index (χ2n) is 9.26. The van der Waals surface area contributed by atoms with E-state index in [4.69, 9.17) is 11.6 Å². The van der Waals surface area contributed by atoms with E-state index in [1.165, 1.54) is 16.7 Å². The molecule has 4 aromatic rings. The number of para-hydroxylation sites is 1. The maximum atomic E-state index is 14.8. The SMILES string of the molecule is CNC(=O)c1ccccc1Nc1nc(Nc2ccc3c(c2)C(c2ccccc2)CN(C)CC3)nc(F)c1Cl. The molecule has 1 atom stereocenters. The molecule has 1 amide bonds. The fourth-order valence-corrected chi connectivity index (χ4v) is 4.88. The van der Waals surface area contributed by atoms with Crippen LogP contribution in [-0.4, -0.2) is 48.0 Å². The molecule has 7 nitrogen and oxygen atoms in total. The van der Waals surface area contributed by atoms with E-state index in [0.717, 1.165) is 25.2 Å². The van der Waals surface area contributed by atoms with Crippen molar-refractivity contribution < 1.29 is 9.18 Å². The average molecular weight is 531 g/mol. The Bertz CT molecular complexity index is 1470. The van der Waals surface area contributed by atoms with Crippen LogP contribution in [0.15, 0.2) is 72.8 Å². The van der Waals surface area contributed by atoms with Crippen molar-refractivity contribution in [2.75, 3.05) is 37.8 Å². The number of nitrogens with zero attached hydrogens (tertiary/aromatic N) is 3. The number of carbonyl (C=O) groups excluding carboxylic acids is 1. The first-order valence-electron chi connectivity index (χ1n) is 12.4. The summed E-state index contributed by atoms with van der Waals surface area (Å²) in [6.07, 6.45) is 0.945. The van der Waals surface area contributed by atoms with Crippen molar-refractivity contribution in [3.8, 4) is 0 Å². The summed E-state index contributed by atoms with van der Waals surface area (Å²) in [4.78, 5) is 23.0. The Labute approximate surface area is 226 Å². The van der Waals surface area contributed by atoms with Crippen LogP contribution in [0.5, 0.6) is 0 Å². The van der Waals surface area contributed by atoms with E-state index in [9.17, 15) is 9.18 Å². The predicted molar refractivity (Wildman–Crippen MR) is 149 cm³/mol. The highest BCUT2D eigenvalue weighted by atomic mass is 35.5. The number of anilines is 4. The van der Waals surface area contributed by atoms with E-state index in [2.05, 4.69) is 74.3 Å². The lowest BCUT2D eigenvalue weighted by Gasteiger charge is -2.22. The van der Waals surface area contributed by atoms with Gasteiger partial charge in [0.05, 0.1) is 11.3 Å². The summed E-state index contributed by atoms with van der Waals surface area (Å²) >= 11 is 6.20. The number of fused-ring (bicyclic) bond motifs is 1. The molecule has 2 heterocycles. The van der Waals surface area contributed by atoms with Gasteiger partial charge in [0.15, 0.2) is 5.82 Å². The predicted octanol–water partition coefficient (Wildman–Crippen LogP) is 5.74. The number of benzene rings is 3. The average Bonchev–Trinajstić information content (AvgIpc) is 3.10. The normalized spacial score (nSPS) is 15.3. The van der Waals surface area contributed by atoms with Crippen LogP contribution in [0, 0.1) is 5.95 Å². The van der Waals surface area contributed by atoms with Crippen molar-refractivity contribution >= 4 is 40.6 Å². The summed E-state index contributed by atoms with van der Waals surface area (Å²) < 4.78 is 14.8. The van der Waals surface area contributed by atoms with Gasteiger partial charge in [-0.05, 0) is 54.4 Å². The first-order valence-corrected chi connectivity index (χ1v) is 12.7. The highest BCUT2D eigenvalue weighted by molar-refractivity contribution is 6.33. The third-order valence-electron chi connectivity index (χ3n) is 6.70. The number of likely N-dealkylation sites (N-methyl/N-ethyl adjacent to an activating group) is 1. The quantitative estimate of drug-likeness (QED) is 0.276. The molecular weight excluding hydrogens is 503 g/mol. The van der Waals surface area contributed by atoms with E-state index in [1.807, 2.05) is 12.1 Å². The van der Waals surface area contributed by atoms with Crippen LogP contribution in [0.4, 0.5) is 27.5 Å². The maximum Gasteiger partial charge on any atom is 0.253 e. The standard InChI is InChI=1S/C29H28ClFN6O/c1-32-28(38)21-10-6-7-11-24(21)34-27-25(30)26(31)35-29(36-27)33-20-13-12-19-14-15-37(2)17-23(22(19)16-20)18-8-4-3-5-9-18/h3-13,16,23H,14-15,17H2,1-2H3,(H,32,38)(H2,33,34,35,36). The molecule has 194 valence electrons. The lowest BCUT2D eigenvalue weighted by molar-refractivity contribution is 0.0964. The zero-order valence-corrected chi connectivity index (χ0v) is 21.9. The highest BCUT2D eigenvalue weighted by Gasteiger charge is 2.24. The monoisotopic (exact) mass is 530 g/mol. The Balaban J connectivity index is 1.47. The third kappa shape index (κ3) is 5.46. The smallest absolute Gasteiger partial charge is 0.253 e. The fourth-order valence-electron chi connectivity index (χ4n) is 4.75. The first kappa shape index (κ1) is 25.6. The zero-order valence-electron chi connectivity index (χ0n) is 21.1. The van der Waals surface area contributed by atoms with Crippen molar-refractivity contribution in [2.45, 2.75) is 12.3 Å². The van der Waals surface area contributed by atoms with Crippen molar-refractivity contribution in [3.05, 3.63) is 106 Å². The molecule has 0 fully saturated rings. The highest BCUT2D eigenvalue weighted by Crippen LogP contribution is 2.34. The van der Waals surface area contributed by atoms with Gasteiger partial charge in [0, 0.05) is 31.7 Å². The lowest BCUT2D eigenvalue weighted by Crippen LogP contribution is -2.24. The van der Waals surface area contributed by atoms with Crippen LogP contribution in [0.2, 0.25) is 5.02 Å². The molecule has 5 rings (SSSR count). The molecule has 0 saturated heterocycles. The first-order chi connectivity index (χ1) is 18.4. The van der Waals surface area contributed by atoms with Gasteiger partial charge in [-0.1, -0.05) is 60.1 Å². The minimum Gasteiger partial charge on any atom is -0.355 e. The third-order valence-corrected chi connectivity index (χ3v) is 7.03. The summed E-state index contributed by atoms with van der Waals surface area (Å²) in [6, 6.07) is 23.5. The molecule has 9 heteroatoms. The molecule has 0 aliphatic carbocycles. The number of aromatic nitrogens is 2. The Hall–Kier alpha value is -4.01. The molecule has 38 heavy (non-hydrogen) atoms. The van der Waals surface area contributed by atoms with Gasteiger partial charge in [0.1, 0.15) is 5.02 Å². The Morgan fingerprint density at radius 2 is 1.79 bits per heavy atom. The summed E-state index contributed by atoms with van der Waals surface area (Å²) in [6.45, 7) is 1.87. The van der Waals surface area contributed by atoms with Gasteiger partial charge >= 0.3 is 0 Å². The van der Waals surface area contributed by atoms with Gasteiger partial charge in [0.2, 0.25) is 11.9 Å². The van der Waals surface area contributed by atoms with Crippen LogP contribution < -0.4 is 16.0 Å². The van der Waals surface area contributed by atoms with E-state index in [1.54, 1.807) is 31.3 Å². The second-order valence-corrected chi connectivity index (χ2v) is 9.64. The van der Waals surface area contributed by atoms with E-state index in [-0.39, 0.29) is 28.6 Å². The number of carbonyl (C=O) groups is 1. The summed E-state index contributed by atoms with van der Waals surface area (Å²) in [5.41, 5.74) is 5.31. The van der Waals surface area contributed by atoms with Gasteiger partial charge in [-0.25, -0.2) is 0 Å². The van der Waals surface area contributed by atoms with Gasteiger partial charge in [-0.3, -0.25) is 4.79 Å². The van der Waals surface area contributed by atoms with Crippen LogP contribution in [0.25, 0.3) is 0 Å². The number of hydrogen-bond donors (Lipinski definition) is 3. The van der Waals surface area contributed by atoms with E-state index >= 15 is 0 Å². The largest absolute Gasteiger partial charge is 0.355 e. The van der Waals surface area contributed by atoms with Crippen molar-refractivity contribution in [3.63, 3.8) is 0 Å². The second kappa shape index (κ2) is 11.2. The molecule has 3 aromatic carbocycles. The van der Waals surface area contributed by atoms with Gasteiger partial charge in [-0.15, -0.1) is 0 Å². The number of nitrogens with one attached hydrogen (secondary N) is 3. The molecule has 1 aliphatic rings. The molecule has 0 bridgehead atoms. The van der Waals surface area contributed by atoms with Crippen molar-refractivity contribution in [2.24, 2.45) is 0 Å². The van der Waals surface area contributed by atoms with Crippen molar-refractivity contribution in [1.29, 1.82) is 0 Å². The maximum absolute atomic E-state index is 14.8. The van der Waals surface area contributed by atoms with Gasteiger partial charge < -0.3 is 20.9 Å². The molecule has 3 N–H and O–H groups in total. The molecule has 0 radical (unpaired) electrons. The molecular formula is C29H28ClFN6O. The summed E-state index contributed by atoms with van der Waals surface area (Å²) in [7, 11) is 3.68. The molecule has 0 saturated carbocycles. The topological polar surface area (TPSA) is 82.2 Å². The number of amides is 1. The summed E-state index contributed by atoms with van der Waals surface area (Å²) in [5.74, 6) is -0.865. The lowest BCUT2D eigenvalue weighted by atomic mass is 9.87. The van der Waals surface area contributed by atoms with Gasteiger partial charge in [0.25, 0.3) is 5.91 Å². The summed E-state index contributed by atoms with van der Waals surface area (Å²) in [5, 5.41) is 8.46. The number of rotatable bonds is 6. The zero-order chi connectivity index (χ0) is 26.6. The molecule has 1 aliphatic heterocycles. The molecule has 1 aromatic heterocycles. The minimum absolute atomic E-state index is 0.0498. The Morgan fingerprint density at radius 3 is 2.58 bits per heavy atom. The Morgan fingerprint density at radius 1 is 1.03 bits per heavy atom. The van der Waals surface area contributed by atoms with Gasteiger partial charge in [-0.2, -0.15) is 14.4 Å². The van der Waals surface area contributed by atoms with E-state index < -0.39 is 5.95 Å². The number of hydrogen-bond acceptors (Lipinski definition) is 6. The van der Waals surface area contributed by atoms with E-state index in [0.29, 0.717) is 11.3 Å². The van der Waals surface area contributed by atoms with Crippen LogP contribution in [-0.2, 0) is 6.42 Å². The Kier molecular flexibility index (Phi) is 7.53. The van der Waals surface area contributed by atoms with Crippen LogP contribution >= 0.6 is 11.6 Å². The van der Waals surface area contributed by atoms with Crippen LogP contribution in [0.1, 0.15) is 33.0 Å². The fraction of sp³-hybridized carbons (Fsp3) is 0.207. The van der Waals surface area contributed by atoms with Crippen LogP contribution in [0.3, 0.4) is 0 Å². The molecule has 1 unspecified atom stereocenters. The minimum atomic E-state index is -0.873. The van der Waals surface area contributed by atoms with Crippen molar-refractivity contribution in [1.82, 2.24) is 20.2 Å². The number of halogens is 2.